The number of amides is 1. The molecular weight excluding hydrogens is 402 g/mol. The zero-order chi connectivity index (χ0) is 21.0. The van der Waals surface area contributed by atoms with Gasteiger partial charge in [-0.15, -0.1) is 16.9 Å². The lowest BCUT2D eigenvalue weighted by atomic mass is 10.2. The molecular formula is C21H25N5O3S. The van der Waals surface area contributed by atoms with E-state index in [1.54, 1.807) is 11.8 Å². The summed E-state index contributed by atoms with van der Waals surface area (Å²) in [6, 6.07) is 17.3. The molecule has 1 N–H and O–H groups in total. The van der Waals surface area contributed by atoms with Crippen molar-refractivity contribution in [2.24, 2.45) is 0 Å². The number of ether oxygens (including phenoxy) is 2. The zero-order valence-corrected chi connectivity index (χ0v) is 17.7. The van der Waals surface area contributed by atoms with Crippen molar-refractivity contribution in [3.05, 3.63) is 66.0 Å². The molecule has 2 aromatic carbocycles. The Morgan fingerprint density at radius 1 is 1.07 bits per heavy atom. The van der Waals surface area contributed by atoms with Crippen molar-refractivity contribution in [1.82, 2.24) is 25.5 Å². The van der Waals surface area contributed by atoms with Gasteiger partial charge >= 0.3 is 0 Å². The minimum Gasteiger partial charge on any atom is -0.382 e. The molecule has 0 aliphatic rings. The van der Waals surface area contributed by atoms with E-state index < -0.39 is 0 Å². The maximum Gasteiger partial charge on any atom is 0.252 e. The first kappa shape index (κ1) is 21.9. The second kappa shape index (κ2) is 12.1. The van der Waals surface area contributed by atoms with Crippen molar-refractivity contribution in [1.29, 1.82) is 0 Å². The van der Waals surface area contributed by atoms with Gasteiger partial charge in [0.1, 0.15) is 0 Å². The molecule has 0 atom stereocenters. The highest BCUT2D eigenvalue weighted by atomic mass is 32.2. The molecule has 3 aromatic rings. The van der Waals surface area contributed by atoms with E-state index in [2.05, 4.69) is 20.8 Å². The molecule has 9 heteroatoms. The Balaban J connectivity index is 1.55. The lowest BCUT2D eigenvalue weighted by Crippen LogP contribution is -2.26. The number of hydrogen-bond acceptors (Lipinski definition) is 7. The van der Waals surface area contributed by atoms with Gasteiger partial charge in [0, 0.05) is 25.2 Å². The summed E-state index contributed by atoms with van der Waals surface area (Å²) in [6.45, 7) is 2.27. The first-order valence-electron chi connectivity index (χ1n) is 9.69. The van der Waals surface area contributed by atoms with Crippen molar-refractivity contribution in [3.63, 3.8) is 0 Å². The lowest BCUT2D eigenvalue weighted by Gasteiger charge is -2.10. The number of tetrazole rings is 1. The number of thioether (sulfide) groups is 1. The first-order valence-corrected chi connectivity index (χ1v) is 10.7. The summed E-state index contributed by atoms with van der Waals surface area (Å²) >= 11 is 1.53. The van der Waals surface area contributed by atoms with E-state index in [1.807, 2.05) is 54.6 Å². The number of para-hydroxylation sites is 1. The molecule has 0 aliphatic carbocycles. The molecule has 0 radical (unpaired) electrons. The van der Waals surface area contributed by atoms with Crippen LogP contribution < -0.4 is 5.32 Å². The average Bonchev–Trinajstić information content (AvgIpc) is 3.26. The zero-order valence-electron chi connectivity index (χ0n) is 16.9. The number of nitrogens with zero attached hydrogens (tertiary/aromatic N) is 4. The van der Waals surface area contributed by atoms with Gasteiger partial charge in [-0.05, 0) is 41.1 Å². The van der Waals surface area contributed by atoms with Gasteiger partial charge < -0.3 is 14.8 Å². The predicted octanol–water partition coefficient (Wildman–Crippen LogP) is 2.74. The normalized spacial score (nSPS) is 10.8. The van der Waals surface area contributed by atoms with Crippen LogP contribution in [-0.4, -0.2) is 59.6 Å². The molecule has 0 unspecified atom stereocenters. The fourth-order valence-corrected chi connectivity index (χ4v) is 3.66. The third kappa shape index (κ3) is 6.38. The van der Waals surface area contributed by atoms with E-state index >= 15 is 0 Å². The summed E-state index contributed by atoms with van der Waals surface area (Å²) in [5, 5.41) is 15.0. The fraction of sp³-hybridized carbons (Fsp3) is 0.333. The summed E-state index contributed by atoms with van der Waals surface area (Å²) in [5.41, 5.74) is 1.54. The molecule has 158 valence electrons. The highest BCUT2D eigenvalue weighted by Gasteiger charge is 2.14. The van der Waals surface area contributed by atoms with Crippen LogP contribution >= 0.6 is 11.8 Å². The van der Waals surface area contributed by atoms with E-state index in [9.17, 15) is 4.79 Å². The van der Waals surface area contributed by atoms with Crippen LogP contribution in [0.5, 0.6) is 0 Å². The van der Waals surface area contributed by atoms with Gasteiger partial charge in [-0.2, -0.15) is 4.68 Å². The Morgan fingerprint density at radius 2 is 1.87 bits per heavy atom. The Bertz CT molecular complexity index is 920. The number of benzene rings is 2. The number of methoxy groups -OCH3 is 1. The van der Waals surface area contributed by atoms with Gasteiger partial charge in [-0.25, -0.2) is 0 Å². The summed E-state index contributed by atoms with van der Waals surface area (Å²) in [6.07, 6.45) is 0.747. The van der Waals surface area contributed by atoms with Crippen LogP contribution in [0.2, 0.25) is 0 Å². The van der Waals surface area contributed by atoms with Crippen LogP contribution in [0.3, 0.4) is 0 Å². The van der Waals surface area contributed by atoms with E-state index in [-0.39, 0.29) is 5.91 Å². The number of aromatic nitrogens is 4. The van der Waals surface area contributed by atoms with E-state index in [0.29, 0.717) is 37.7 Å². The topological polar surface area (TPSA) is 91.2 Å². The van der Waals surface area contributed by atoms with Gasteiger partial charge in [-0.3, -0.25) is 4.79 Å². The van der Waals surface area contributed by atoms with Gasteiger partial charge in [0.2, 0.25) is 0 Å². The van der Waals surface area contributed by atoms with Crippen LogP contribution in [0.25, 0.3) is 5.69 Å². The Labute approximate surface area is 180 Å². The van der Waals surface area contributed by atoms with Crippen LogP contribution in [0.15, 0.2) is 59.5 Å². The van der Waals surface area contributed by atoms with Gasteiger partial charge in [0.15, 0.2) is 5.82 Å². The molecule has 0 saturated heterocycles. The second-order valence-electron chi connectivity index (χ2n) is 6.34. The molecule has 1 heterocycles. The third-order valence-electron chi connectivity index (χ3n) is 4.21. The summed E-state index contributed by atoms with van der Waals surface area (Å²) in [7, 11) is 1.64. The van der Waals surface area contributed by atoms with Crippen LogP contribution in [-0.2, 0) is 15.2 Å². The number of carbonyl (C=O) groups excluding carboxylic acids is 1. The first-order chi connectivity index (χ1) is 14.8. The highest BCUT2D eigenvalue weighted by molar-refractivity contribution is 7.98. The summed E-state index contributed by atoms with van der Waals surface area (Å²) in [4.78, 5) is 13.5. The van der Waals surface area contributed by atoms with E-state index in [4.69, 9.17) is 9.47 Å². The molecule has 0 spiro atoms. The number of hydrogen-bond donors (Lipinski definition) is 1. The molecule has 1 amide bonds. The van der Waals surface area contributed by atoms with E-state index in [0.717, 1.165) is 22.8 Å². The predicted molar refractivity (Wildman–Crippen MR) is 115 cm³/mol. The monoisotopic (exact) mass is 427 g/mol. The van der Waals surface area contributed by atoms with Crippen molar-refractivity contribution >= 4 is 17.7 Å². The molecule has 0 bridgehead atoms. The van der Waals surface area contributed by atoms with Crippen molar-refractivity contribution in [2.45, 2.75) is 17.1 Å². The summed E-state index contributed by atoms with van der Waals surface area (Å²) < 4.78 is 12.0. The minimum atomic E-state index is -0.0994. The Morgan fingerprint density at radius 3 is 2.70 bits per heavy atom. The fourth-order valence-electron chi connectivity index (χ4n) is 2.70. The van der Waals surface area contributed by atoms with Crippen LogP contribution in [0.1, 0.15) is 22.6 Å². The summed E-state index contributed by atoms with van der Waals surface area (Å²) in [5.74, 6) is 1.16. The van der Waals surface area contributed by atoms with E-state index in [1.165, 1.54) is 11.8 Å². The van der Waals surface area contributed by atoms with Gasteiger partial charge in [-0.1, -0.05) is 30.3 Å². The molecule has 30 heavy (non-hydrogen) atoms. The molecule has 0 saturated carbocycles. The number of carbonyl (C=O) groups is 1. The van der Waals surface area contributed by atoms with Crippen molar-refractivity contribution in [2.75, 3.05) is 33.5 Å². The molecule has 1 aromatic heterocycles. The standard InChI is InChI=1S/C21H25N5O3S/c1-28-14-15-29-13-7-12-22-21(27)18-10-5-6-11-19(18)30-16-20-23-24-25-26(20)17-8-3-2-4-9-17/h2-6,8-11H,7,12-16H2,1H3,(H,22,27). The minimum absolute atomic E-state index is 0.0994. The molecule has 0 aliphatic heterocycles. The smallest absolute Gasteiger partial charge is 0.252 e. The molecule has 8 nitrogen and oxygen atoms in total. The molecule has 0 fully saturated rings. The maximum atomic E-state index is 12.6. The quantitative estimate of drug-likeness (QED) is 0.351. The average molecular weight is 428 g/mol. The van der Waals surface area contributed by atoms with Gasteiger partial charge in [0.05, 0.1) is 30.2 Å². The SMILES string of the molecule is COCCOCCCNC(=O)c1ccccc1SCc1nnnn1-c1ccccc1. The maximum absolute atomic E-state index is 12.6. The number of nitrogens with one attached hydrogen (secondary N) is 1. The Kier molecular flexibility index (Phi) is 8.82. The number of rotatable bonds is 12. The van der Waals surface area contributed by atoms with Crippen LogP contribution in [0.4, 0.5) is 0 Å². The highest BCUT2D eigenvalue weighted by Crippen LogP contribution is 2.26. The third-order valence-corrected chi connectivity index (χ3v) is 5.28. The Hall–Kier alpha value is -2.75. The largest absolute Gasteiger partial charge is 0.382 e. The molecule has 3 rings (SSSR count). The van der Waals surface area contributed by atoms with Crippen molar-refractivity contribution in [3.8, 4) is 5.69 Å². The van der Waals surface area contributed by atoms with Gasteiger partial charge in [0.25, 0.3) is 5.91 Å². The van der Waals surface area contributed by atoms with Crippen molar-refractivity contribution < 1.29 is 14.3 Å². The van der Waals surface area contributed by atoms with Crippen LogP contribution in [0, 0.1) is 0 Å². The second-order valence-corrected chi connectivity index (χ2v) is 7.36. The lowest BCUT2D eigenvalue weighted by molar-refractivity contribution is 0.0688.